The lowest BCUT2D eigenvalue weighted by atomic mass is 10.5. The first-order valence-electron chi connectivity index (χ1n) is 2.11. The fourth-order valence-electron chi connectivity index (χ4n) is 0.329. The molecule has 7 heavy (non-hydrogen) atoms. The minimum absolute atomic E-state index is 0.173. The second-order valence-electron chi connectivity index (χ2n) is 1.32. The van der Waals surface area contributed by atoms with Crippen molar-refractivity contribution in [1.82, 2.24) is 0 Å². The second kappa shape index (κ2) is 2.30. The number of allylic oxidation sites excluding steroid dienone is 1. The highest BCUT2D eigenvalue weighted by molar-refractivity contribution is 14.2. The highest BCUT2D eigenvalue weighted by Gasteiger charge is 1.87. The first-order chi connectivity index (χ1) is 3.39. The van der Waals surface area contributed by atoms with Crippen molar-refractivity contribution >= 4 is 24.4 Å². The van der Waals surface area contributed by atoms with Gasteiger partial charge in [-0.3, -0.25) is 0 Å². The summed E-state index contributed by atoms with van der Waals surface area (Å²) in [5, 5.41) is 0. The SMILES string of the molecule is CC1C=C=C=C=I1. The van der Waals surface area contributed by atoms with Gasteiger partial charge in [-0.1, -0.05) is 26.5 Å². The van der Waals surface area contributed by atoms with Crippen molar-refractivity contribution in [2.75, 3.05) is 0 Å². The zero-order valence-electron chi connectivity index (χ0n) is 4.03. The van der Waals surface area contributed by atoms with E-state index in [2.05, 4.69) is 28.1 Å². The molecular weight excluding hydrogens is 199 g/mol. The van der Waals surface area contributed by atoms with Gasteiger partial charge in [0, 0.05) is 3.92 Å². The second-order valence-corrected chi connectivity index (χ2v) is 4.44. The summed E-state index contributed by atoms with van der Waals surface area (Å²) in [7, 11) is 0. The van der Waals surface area contributed by atoms with Gasteiger partial charge in [0.05, 0.1) is 0 Å². The maximum atomic E-state index is 3.05. The van der Waals surface area contributed by atoms with Crippen molar-refractivity contribution < 1.29 is 0 Å². The van der Waals surface area contributed by atoms with Gasteiger partial charge < -0.3 is 0 Å². The molecular formula is C6H5I. The third kappa shape index (κ3) is 1.46. The Labute approximate surface area is 53.0 Å². The number of rotatable bonds is 0. The molecule has 1 atom stereocenters. The summed E-state index contributed by atoms with van der Waals surface area (Å²) in [5.74, 6) is 0. The lowest BCUT2D eigenvalue weighted by Crippen LogP contribution is -1.80. The van der Waals surface area contributed by atoms with Gasteiger partial charge in [0.15, 0.2) is 0 Å². The van der Waals surface area contributed by atoms with Crippen LogP contribution in [0.3, 0.4) is 0 Å². The number of alkyl halides is 1. The minimum Gasteiger partial charge on any atom is -0.0643 e. The van der Waals surface area contributed by atoms with Gasteiger partial charge in [-0.15, -0.1) is 0 Å². The van der Waals surface area contributed by atoms with Crippen molar-refractivity contribution in [1.29, 1.82) is 0 Å². The molecule has 1 aliphatic rings. The van der Waals surface area contributed by atoms with E-state index in [1.165, 1.54) is 0 Å². The summed E-state index contributed by atoms with van der Waals surface area (Å²) in [6.07, 6.45) is 2.06. The molecule has 0 saturated heterocycles. The average Bonchev–Trinajstić information content (AvgIpc) is 1.69. The Hall–Kier alpha value is -0.0600. The summed E-state index contributed by atoms with van der Waals surface area (Å²) in [4.78, 5) is 0. The van der Waals surface area contributed by atoms with Gasteiger partial charge in [-0.05, 0) is 22.4 Å². The van der Waals surface area contributed by atoms with E-state index in [-0.39, 0.29) is 20.7 Å². The monoisotopic (exact) mass is 204 g/mol. The molecule has 0 saturated carbocycles. The topological polar surface area (TPSA) is 0 Å². The van der Waals surface area contributed by atoms with Crippen molar-refractivity contribution in [3.8, 4) is 0 Å². The molecule has 0 bridgehead atoms. The molecule has 0 spiro atoms. The average molecular weight is 204 g/mol. The van der Waals surface area contributed by atoms with Crippen molar-refractivity contribution in [2.45, 2.75) is 10.8 Å². The molecule has 1 heteroatoms. The van der Waals surface area contributed by atoms with Crippen LogP contribution in [0.25, 0.3) is 0 Å². The Balaban J connectivity index is 3.03. The molecule has 1 unspecified atom stereocenters. The maximum Gasteiger partial charge on any atom is 0.0370 e. The molecule has 0 aromatic heterocycles. The minimum atomic E-state index is 0.173. The van der Waals surface area contributed by atoms with Gasteiger partial charge in [-0.2, -0.15) is 0 Å². The van der Waals surface area contributed by atoms with Crippen LogP contribution in [0, 0.1) is 0 Å². The van der Waals surface area contributed by atoms with Crippen LogP contribution in [0.2, 0.25) is 0 Å². The van der Waals surface area contributed by atoms with Gasteiger partial charge in [0.25, 0.3) is 0 Å². The first kappa shape index (κ1) is 5.08. The molecule has 0 aliphatic carbocycles. The van der Waals surface area contributed by atoms with Crippen LogP contribution in [-0.4, -0.2) is 7.59 Å². The third-order valence-electron chi connectivity index (χ3n) is 0.659. The van der Waals surface area contributed by atoms with E-state index in [4.69, 9.17) is 0 Å². The Morgan fingerprint density at radius 1 is 1.71 bits per heavy atom. The van der Waals surface area contributed by atoms with Crippen LogP contribution < -0.4 is 0 Å². The molecule has 0 radical (unpaired) electrons. The van der Waals surface area contributed by atoms with E-state index in [1.807, 2.05) is 0 Å². The zero-order chi connectivity index (χ0) is 5.11. The van der Waals surface area contributed by atoms with Crippen LogP contribution in [0.5, 0.6) is 0 Å². The maximum absolute atomic E-state index is 3.05. The van der Waals surface area contributed by atoms with Crippen LogP contribution >= 0.6 is 20.7 Å². The largest absolute Gasteiger partial charge is 0.0643 e. The van der Waals surface area contributed by atoms with E-state index in [0.29, 0.717) is 0 Å². The van der Waals surface area contributed by atoms with Gasteiger partial charge in [0.1, 0.15) is 0 Å². The lowest BCUT2D eigenvalue weighted by molar-refractivity contribution is 1.30. The van der Waals surface area contributed by atoms with Gasteiger partial charge in [0.2, 0.25) is 0 Å². The van der Waals surface area contributed by atoms with Crippen LogP contribution in [-0.2, 0) is 0 Å². The number of hydrogen-bond acceptors (Lipinski definition) is 0. The van der Waals surface area contributed by atoms with Gasteiger partial charge in [-0.25, -0.2) is 0 Å². The van der Waals surface area contributed by atoms with E-state index in [0.717, 1.165) is 3.92 Å². The van der Waals surface area contributed by atoms with Crippen LogP contribution in [0.15, 0.2) is 17.5 Å². The summed E-state index contributed by atoms with van der Waals surface area (Å²) >= 11 is 0.173. The Morgan fingerprint density at radius 3 is 2.86 bits per heavy atom. The molecule has 1 aliphatic heterocycles. The highest BCUT2D eigenvalue weighted by atomic mass is 127. The smallest absolute Gasteiger partial charge is 0.0370 e. The highest BCUT2D eigenvalue weighted by Crippen LogP contribution is 2.07. The van der Waals surface area contributed by atoms with E-state index >= 15 is 0 Å². The van der Waals surface area contributed by atoms with E-state index < -0.39 is 0 Å². The van der Waals surface area contributed by atoms with Crippen LogP contribution in [0.1, 0.15) is 6.92 Å². The summed E-state index contributed by atoms with van der Waals surface area (Å²) in [6.45, 7) is 2.19. The van der Waals surface area contributed by atoms with Gasteiger partial charge >= 0.3 is 0 Å². The summed E-state index contributed by atoms with van der Waals surface area (Å²) in [5.41, 5.74) is 5.68. The standard InChI is InChI=1S/C6H5I/c1-6-4-2-3-5-7-6/h4,6H,1H3. The molecule has 0 aromatic carbocycles. The Bertz CT molecular complexity index is 166. The molecule has 0 aromatic rings. The molecule has 0 amide bonds. The quantitative estimate of drug-likeness (QED) is 0.319. The normalized spacial score (nSPS) is 25.0. The third-order valence-corrected chi connectivity index (χ3v) is 2.58. The first-order valence-corrected chi connectivity index (χ1v) is 4.43. The number of halogens is 1. The van der Waals surface area contributed by atoms with E-state index in [1.54, 1.807) is 0 Å². The predicted octanol–water partition coefficient (Wildman–Crippen LogP) is 1.63. The predicted molar refractivity (Wildman–Crippen MR) is 40.1 cm³/mol. The molecule has 0 fully saturated rings. The van der Waals surface area contributed by atoms with Crippen molar-refractivity contribution in [2.24, 2.45) is 0 Å². The molecule has 0 nitrogen and oxygen atoms in total. The lowest BCUT2D eigenvalue weighted by Gasteiger charge is -1.88. The Morgan fingerprint density at radius 2 is 2.57 bits per heavy atom. The fourth-order valence-corrected chi connectivity index (χ4v) is 1.49. The van der Waals surface area contributed by atoms with Crippen LogP contribution in [0.4, 0.5) is 0 Å². The van der Waals surface area contributed by atoms with Crippen molar-refractivity contribution in [3.63, 3.8) is 0 Å². The molecule has 1 rings (SSSR count). The zero-order valence-corrected chi connectivity index (χ0v) is 6.19. The molecule has 36 valence electrons. The summed E-state index contributed by atoms with van der Waals surface area (Å²) < 4.78 is 3.79. The Kier molecular flexibility index (Phi) is 1.67. The van der Waals surface area contributed by atoms with Crippen molar-refractivity contribution in [3.05, 3.63) is 17.5 Å². The molecule has 1 heterocycles. The number of hydrogen-bond donors (Lipinski definition) is 0. The molecule has 0 N–H and O–H groups in total. The summed E-state index contributed by atoms with van der Waals surface area (Å²) in [6, 6.07) is 0. The fraction of sp³-hybridized carbons (Fsp3) is 0.333. The van der Waals surface area contributed by atoms with E-state index in [9.17, 15) is 0 Å².